The molecule has 2 unspecified atom stereocenters. The van der Waals surface area contributed by atoms with Crippen LogP contribution < -0.4 is 0 Å². The molecule has 2 atom stereocenters. The Hall–Kier alpha value is -2.86. The van der Waals surface area contributed by atoms with Gasteiger partial charge in [-0.15, -0.1) is 0 Å². The van der Waals surface area contributed by atoms with E-state index in [-0.39, 0.29) is 24.4 Å². The Bertz CT molecular complexity index is 1310. The van der Waals surface area contributed by atoms with Crippen molar-refractivity contribution in [3.8, 4) is 0 Å². The van der Waals surface area contributed by atoms with Crippen LogP contribution in [0.5, 0.6) is 0 Å². The highest BCUT2D eigenvalue weighted by atomic mass is 79.9. The van der Waals surface area contributed by atoms with E-state index in [2.05, 4.69) is 45.2 Å². The van der Waals surface area contributed by atoms with Gasteiger partial charge in [-0.3, -0.25) is 9.59 Å². The number of amides is 2. The van der Waals surface area contributed by atoms with E-state index in [9.17, 15) is 9.59 Å². The molecule has 1 aromatic heterocycles. The molecular weight excluding hydrogens is 490 g/mol. The van der Waals surface area contributed by atoms with Gasteiger partial charge in [0.2, 0.25) is 11.8 Å². The lowest BCUT2D eigenvalue weighted by Gasteiger charge is -2.47. The van der Waals surface area contributed by atoms with Gasteiger partial charge in [0.15, 0.2) is 0 Å². The topological polar surface area (TPSA) is 56.4 Å². The molecule has 3 aliphatic rings. The molecule has 5 nitrogen and oxygen atoms in total. The number of benzene rings is 2. The molecule has 174 valence electrons. The van der Waals surface area contributed by atoms with Crippen LogP contribution in [-0.2, 0) is 16.0 Å². The zero-order valence-corrected chi connectivity index (χ0v) is 20.7. The van der Waals surface area contributed by atoms with Crippen LogP contribution in [-0.4, -0.2) is 45.7 Å². The number of hydrogen-bond acceptors (Lipinski definition) is 2. The zero-order valence-electron chi connectivity index (χ0n) is 19.1. The lowest BCUT2D eigenvalue weighted by Crippen LogP contribution is -2.63. The Kier molecular flexibility index (Phi) is 5.56. The van der Waals surface area contributed by atoms with Crippen molar-refractivity contribution in [1.82, 2.24) is 14.8 Å². The summed E-state index contributed by atoms with van der Waals surface area (Å²) in [4.78, 5) is 34.6. The van der Waals surface area contributed by atoms with Crippen LogP contribution in [0.15, 0.2) is 64.7 Å². The third kappa shape index (κ3) is 3.68. The van der Waals surface area contributed by atoms with Gasteiger partial charge in [0.25, 0.3) is 0 Å². The summed E-state index contributed by atoms with van der Waals surface area (Å²) in [5, 5.41) is 1.14. The number of nitrogens with zero attached hydrogens (tertiary/aromatic N) is 2. The predicted molar refractivity (Wildman–Crippen MR) is 136 cm³/mol. The Morgan fingerprint density at radius 1 is 1.06 bits per heavy atom. The standard InChI is InChI=1S/C28H28BrN3O2/c29-20-10-6-9-19(15-20)27-26-22(21-11-4-5-12-23(21)30-26)16-24-28(34)31(17-25(33)32(24)27)14-13-18-7-2-1-3-8-18/h4-7,9-12,15,24,27,30H,1-3,8,13-14,16-17H2. The normalized spacial score (nSPS) is 22.6. The minimum Gasteiger partial charge on any atom is -0.356 e. The minimum atomic E-state index is -0.475. The van der Waals surface area contributed by atoms with Crippen LogP contribution in [0, 0.1) is 0 Å². The fraction of sp³-hybridized carbons (Fsp3) is 0.357. The Labute approximate surface area is 207 Å². The summed E-state index contributed by atoms with van der Waals surface area (Å²) in [7, 11) is 0. The monoisotopic (exact) mass is 517 g/mol. The summed E-state index contributed by atoms with van der Waals surface area (Å²) in [5.41, 5.74) is 5.67. The summed E-state index contributed by atoms with van der Waals surface area (Å²) in [6, 6.07) is 15.5. The lowest BCUT2D eigenvalue weighted by molar-refractivity contribution is -0.158. The molecule has 0 saturated carbocycles. The third-order valence-corrected chi connectivity index (χ3v) is 8.09. The van der Waals surface area contributed by atoms with E-state index in [1.54, 1.807) is 4.90 Å². The molecule has 1 saturated heterocycles. The van der Waals surface area contributed by atoms with E-state index < -0.39 is 6.04 Å². The van der Waals surface area contributed by atoms with Crippen LogP contribution in [0.25, 0.3) is 10.9 Å². The van der Waals surface area contributed by atoms with Gasteiger partial charge in [-0.2, -0.15) is 0 Å². The minimum absolute atomic E-state index is 0.0245. The van der Waals surface area contributed by atoms with E-state index in [4.69, 9.17) is 0 Å². The summed E-state index contributed by atoms with van der Waals surface area (Å²) < 4.78 is 0.961. The second kappa shape index (κ2) is 8.73. The summed E-state index contributed by atoms with van der Waals surface area (Å²) in [6.07, 6.45) is 8.49. The first-order chi connectivity index (χ1) is 16.6. The van der Waals surface area contributed by atoms with Crippen molar-refractivity contribution in [3.63, 3.8) is 0 Å². The molecule has 6 heteroatoms. The molecule has 34 heavy (non-hydrogen) atoms. The predicted octanol–water partition coefficient (Wildman–Crippen LogP) is 5.51. The number of hydrogen-bond donors (Lipinski definition) is 1. The van der Waals surface area contributed by atoms with Crippen LogP contribution >= 0.6 is 15.9 Å². The first-order valence-corrected chi connectivity index (χ1v) is 13.0. The van der Waals surface area contributed by atoms with Crippen molar-refractivity contribution in [2.75, 3.05) is 13.1 Å². The SMILES string of the molecule is O=C1C2Cc3c([nH]c4ccccc34)C(c3cccc(Br)c3)N2C(=O)CN1CCC1=CCCCC1. The molecule has 0 radical (unpaired) electrons. The largest absolute Gasteiger partial charge is 0.356 e. The molecule has 3 aromatic rings. The number of carbonyl (C=O) groups is 2. The van der Waals surface area contributed by atoms with Crippen LogP contribution in [0.3, 0.4) is 0 Å². The Morgan fingerprint density at radius 3 is 2.76 bits per heavy atom. The van der Waals surface area contributed by atoms with E-state index >= 15 is 0 Å². The average Bonchev–Trinajstić information content (AvgIpc) is 3.23. The van der Waals surface area contributed by atoms with Crippen LogP contribution in [0.2, 0.25) is 0 Å². The number of allylic oxidation sites excluding steroid dienone is 1. The van der Waals surface area contributed by atoms with Crippen LogP contribution in [0.4, 0.5) is 0 Å². The summed E-state index contributed by atoms with van der Waals surface area (Å²) in [5.74, 6) is 0.100. The quantitative estimate of drug-likeness (QED) is 0.464. The maximum Gasteiger partial charge on any atom is 0.246 e. The van der Waals surface area contributed by atoms with Crippen molar-refractivity contribution in [2.24, 2.45) is 0 Å². The number of piperazine rings is 1. The molecule has 6 rings (SSSR count). The smallest absolute Gasteiger partial charge is 0.246 e. The number of nitrogens with one attached hydrogen (secondary N) is 1. The first-order valence-electron chi connectivity index (χ1n) is 12.2. The van der Waals surface area contributed by atoms with E-state index in [0.29, 0.717) is 13.0 Å². The highest BCUT2D eigenvalue weighted by Crippen LogP contribution is 2.43. The molecule has 0 spiro atoms. The van der Waals surface area contributed by atoms with Crippen LogP contribution in [0.1, 0.15) is 55.0 Å². The number of para-hydroxylation sites is 1. The second-order valence-corrected chi connectivity index (χ2v) is 10.6. The van der Waals surface area contributed by atoms with Gasteiger partial charge < -0.3 is 14.8 Å². The summed E-state index contributed by atoms with van der Waals surface area (Å²) in [6.45, 7) is 0.783. The maximum absolute atomic E-state index is 13.8. The van der Waals surface area contributed by atoms with Gasteiger partial charge in [-0.1, -0.05) is 57.9 Å². The van der Waals surface area contributed by atoms with E-state index in [1.165, 1.54) is 18.4 Å². The number of aromatic nitrogens is 1. The lowest BCUT2D eigenvalue weighted by atomic mass is 9.86. The number of halogens is 1. The van der Waals surface area contributed by atoms with Crippen molar-refractivity contribution in [2.45, 2.75) is 50.6 Å². The van der Waals surface area contributed by atoms with Crippen molar-refractivity contribution in [3.05, 3.63) is 81.5 Å². The molecule has 1 fully saturated rings. The fourth-order valence-corrected chi connectivity index (χ4v) is 6.36. The highest BCUT2D eigenvalue weighted by molar-refractivity contribution is 9.10. The zero-order chi connectivity index (χ0) is 23.2. The Balaban J connectivity index is 1.39. The molecule has 1 N–H and O–H groups in total. The van der Waals surface area contributed by atoms with Gasteiger partial charge in [0.1, 0.15) is 6.04 Å². The number of H-pyrrole nitrogens is 1. The highest BCUT2D eigenvalue weighted by Gasteiger charge is 2.48. The van der Waals surface area contributed by atoms with Gasteiger partial charge in [0, 0.05) is 34.0 Å². The van der Waals surface area contributed by atoms with Gasteiger partial charge in [0.05, 0.1) is 12.6 Å². The molecule has 3 heterocycles. The molecule has 1 aliphatic carbocycles. The molecule has 2 aromatic carbocycles. The number of carbonyl (C=O) groups excluding carboxylic acids is 2. The molecular formula is C28H28BrN3O2. The van der Waals surface area contributed by atoms with Gasteiger partial charge >= 0.3 is 0 Å². The molecule has 0 bridgehead atoms. The van der Waals surface area contributed by atoms with E-state index in [0.717, 1.165) is 51.5 Å². The second-order valence-electron chi connectivity index (χ2n) is 9.66. The summed E-state index contributed by atoms with van der Waals surface area (Å²) >= 11 is 3.59. The van der Waals surface area contributed by atoms with Crippen molar-refractivity contribution >= 4 is 38.6 Å². The first kappa shape index (κ1) is 21.7. The third-order valence-electron chi connectivity index (χ3n) is 7.59. The van der Waals surface area contributed by atoms with Crippen molar-refractivity contribution in [1.29, 1.82) is 0 Å². The Morgan fingerprint density at radius 2 is 1.94 bits per heavy atom. The van der Waals surface area contributed by atoms with E-state index in [1.807, 2.05) is 35.2 Å². The molecule has 2 amide bonds. The molecule has 2 aliphatic heterocycles. The number of fused-ring (bicyclic) bond motifs is 4. The van der Waals surface area contributed by atoms with Gasteiger partial charge in [-0.05, 0) is 61.4 Å². The van der Waals surface area contributed by atoms with Crippen molar-refractivity contribution < 1.29 is 9.59 Å². The average molecular weight is 518 g/mol. The van der Waals surface area contributed by atoms with Gasteiger partial charge in [-0.25, -0.2) is 0 Å². The number of rotatable bonds is 4. The maximum atomic E-state index is 13.8. The fourth-order valence-electron chi connectivity index (χ4n) is 5.95. The number of aromatic amines is 1.